The number of hydrogen-bond donors (Lipinski definition) is 2. The van der Waals surface area contributed by atoms with E-state index in [1.54, 1.807) is 0 Å². The smallest absolute Gasteiger partial charge is 0.257 e. The monoisotopic (exact) mass is 461 g/mol. The molecule has 5 rings (SSSR count). The van der Waals surface area contributed by atoms with Crippen molar-refractivity contribution in [1.82, 2.24) is 5.32 Å². The summed E-state index contributed by atoms with van der Waals surface area (Å²) in [6.07, 6.45) is 1.79. The highest BCUT2D eigenvalue weighted by atomic mass is 16.6. The molecule has 4 heteroatoms. The van der Waals surface area contributed by atoms with Crippen molar-refractivity contribution >= 4 is 0 Å². The molecular weight excluding hydrogens is 422 g/mol. The number of aliphatic hydroxyl groups is 1. The summed E-state index contributed by atoms with van der Waals surface area (Å²) in [4.78, 5) is 0. The van der Waals surface area contributed by atoms with Gasteiger partial charge in [-0.15, -0.1) is 0 Å². The Hall–Kier alpha value is -2.30. The van der Waals surface area contributed by atoms with Crippen LogP contribution in [0.25, 0.3) is 0 Å². The van der Waals surface area contributed by atoms with Gasteiger partial charge in [0.2, 0.25) is 0 Å². The van der Waals surface area contributed by atoms with Gasteiger partial charge in [0.05, 0.1) is 5.41 Å². The van der Waals surface area contributed by atoms with E-state index in [1.807, 2.05) is 6.92 Å². The van der Waals surface area contributed by atoms with Gasteiger partial charge in [0, 0.05) is 17.2 Å². The summed E-state index contributed by atoms with van der Waals surface area (Å²) < 4.78 is 13.5. The minimum absolute atomic E-state index is 0.0410. The zero-order valence-corrected chi connectivity index (χ0v) is 22.3. The molecule has 0 radical (unpaired) electrons. The average molecular weight is 462 g/mol. The third-order valence-electron chi connectivity index (χ3n) is 8.60. The van der Waals surface area contributed by atoms with Gasteiger partial charge in [0.25, 0.3) is 5.79 Å². The molecular formula is C30H39NO3. The van der Waals surface area contributed by atoms with Crippen LogP contribution in [0.5, 0.6) is 11.5 Å². The fourth-order valence-corrected chi connectivity index (χ4v) is 6.44. The van der Waals surface area contributed by atoms with Gasteiger partial charge in [0.15, 0.2) is 5.54 Å². The van der Waals surface area contributed by atoms with Gasteiger partial charge in [-0.05, 0) is 70.6 Å². The van der Waals surface area contributed by atoms with Crippen molar-refractivity contribution in [2.24, 2.45) is 5.41 Å². The highest BCUT2D eigenvalue weighted by Gasteiger charge is 2.74. The number of fused-ring (bicyclic) bond motifs is 7. The number of nitrogens with one attached hydrogen (secondary N) is 1. The predicted molar refractivity (Wildman–Crippen MR) is 137 cm³/mol. The molecule has 2 heterocycles. The number of aryl methyl sites for hydroxylation is 4. The lowest BCUT2D eigenvalue weighted by molar-refractivity contribution is -0.195. The van der Waals surface area contributed by atoms with E-state index in [4.69, 9.17) is 9.47 Å². The maximum Gasteiger partial charge on any atom is 0.257 e. The quantitative estimate of drug-likeness (QED) is 0.547. The zero-order chi connectivity index (χ0) is 25.0. The lowest BCUT2D eigenvalue weighted by Crippen LogP contribution is -2.74. The predicted octanol–water partition coefficient (Wildman–Crippen LogP) is 5.90. The molecule has 2 aromatic carbocycles. The Morgan fingerprint density at radius 3 is 2.06 bits per heavy atom. The van der Waals surface area contributed by atoms with Crippen molar-refractivity contribution in [2.45, 2.75) is 98.1 Å². The van der Waals surface area contributed by atoms with Crippen LogP contribution in [-0.2, 0) is 11.0 Å². The normalized spacial score (nSPS) is 32.1. The molecule has 0 aromatic heterocycles. The molecule has 182 valence electrons. The molecule has 0 fully saturated rings. The molecule has 0 bridgehead atoms. The van der Waals surface area contributed by atoms with E-state index in [2.05, 4.69) is 98.0 Å². The first-order valence-corrected chi connectivity index (χ1v) is 12.4. The summed E-state index contributed by atoms with van der Waals surface area (Å²) in [6.45, 7) is 21.5. The lowest BCUT2D eigenvalue weighted by Gasteiger charge is -2.54. The van der Waals surface area contributed by atoms with Crippen LogP contribution in [0.1, 0.15) is 74.9 Å². The summed E-state index contributed by atoms with van der Waals surface area (Å²) in [7, 11) is 0. The van der Waals surface area contributed by atoms with Gasteiger partial charge >= 0.3 is 0 Å². The largest absolute Gasteiger partial charge is 0.486 e. The van der Waals surface area contributed by atoms with Crippen LogP contribution < -0.4 is 14.8 Å². The third-order valence-corrected chi connectivity index (χ3v) is 8.60. The Kier molecular flexibility index (Phi) is 4.75. The summed E-state index contributed by atoms with van der Waals surface area (Å²) in [5, 5.41) is 16.5. The maximum absolute atomic E-state index is 12.5. The van der Waals surface area contributed by atoms with E-state index >= 15 is 0 Å². The van der Waals surface area contributed by atoms with E-state index in [-0.39, 0.29) is 11.5 Å². The summed E-state index contributed by atoms with van der Waals surface area (Å²) in [6, 6.07) is 8.78. The Labute approximate surface area is 204 Å². The van der Waals surface area contributed by atoms with Gasteiger partial charge < -0.3 is 14.6 Å². The van der Waals surface area contributed by atoms with Crippen LogP contribution in [0.3, 0.4) is 0 Å². The highest BCUT2D eigenvalue weighted by Crippen LogP contribution is 2.64. The second kappa shape index (κ2) is 6.89. The fourth-order valence-electron chi connectivity index (χ4n) is 6.44. The van der Waals surface area contributed by atoms with Crippen LogP contribution in [0.15, 0.2) is 35.9 Å². The molecule has 0 saturated heterocycles. The second-order valence-electron chi connectivity index (χ2n) is 12.3. The molecule has 5 atom stereocenters. The van der Waals surface area contributed by atoms with Crippen LogP contribution in [0, 0.1) is 33.1 Å². The minimum atomic E-state index is -1.57. The van der Waals surface area contributed by atoms with Crippen LogP contribution in [-0.4, -0.2) is 23.0 Å². The van der Waals surface area contributed by atoms with E-state index in [9.17, 15) is 5.11 Å². The van der Waals surface area contributed by atoms with Gasteiger partial charge in [-0.1, -0.05) is 62.2 Å². The van der Waals surface area contributed by atoms with Gasteiger partial charge in [-0.3, -0.25) is 5.32 Å². The lowest BCUT2D eigenvalue weighted by atomic mass is 9.59. The number of benzene rings is 2. The number of ether oxygens (including phenoxy) is 2. The Balaban J connectivity index is 1.86. The molecule has 3 aliphatic rings. The minimum Gasteiger partial charge on any atom is -0.486 e. The SMILES string of the molecule is CC1=C[C@]2(C)c3cc(C)cc(C)c3O[C@@H]2[C@@]2(N[C@@H](C)C(C)(C)C)c3cc(C)cc(C)c3O[C@@]12O. The fraction of sp³-hybridized carbons (Fsp3) is 0.533. The molecule has 0 amide bonds. The summed E-state index contributed by atoms with van der Waals surface area (Å²) in [5.41, 5.74) is 6.02. The van der Waals surface area contributed by atoms with Gasteiger partial charge in [0.1, 0.15) is 17.6 Å². The number of rotatable bonds is 2. The van der Waals surface area contributed by atoms with Gasteiger partial charge in [-0.2, -0.15) is 0 Å². The van der Waals surface area contributed by atoms with Crippen molar-refractivity contribution < 1.29 is 14.6 Å². The molecule has 34 heavy (non-hydrogen) atoms. The van der Waals surface area contributed by atoms with Crippen molar-refractivity contribution in [3.05, 3.63) is 69.3 Å². The molecule has 0 spiro atoms. The van der Waals surface area contributed by atoms with E-state index in [0.717, 1.165) is 39.3 Å². The Morgan fingerprint density at radius 1 is 0.912 bits per heavy atom. The maximum atomic E-state index is 12.5. The molecule has 2 aliphatic heterocycles. The summed E-state index contributed by atoms with van der Waals surface area (Å²) >= 11 is 0. The first-order valence-electron chi connectivity index (χ1n) is 12.4. The van der Waals surface area contributed by atoms with Crippen molar-refractivity contribution in [1.29, 1.82) is 0 Å². The molecule has 1 aliphatic carbocycles. The molecule has 4 nitrogen and oxygen atoms in total. The second-order valence-corrected chi connectivity index (χ2v) is 12.3. The standard InChI is InChI=1S/C30H39NO3/c1-16-11-18(3)24-22(13-16)28(10)15-20(5)30(32)29(26(28)33-24,31-21(6)27(7,8)9)23-14-17(2)12-19(4)25(23)34-30/h11-15,21,26,31-32H,1-10H3/t21-,26-,28+,29-,30-/m0/s1. The molecule has 0 saturated carbocycles. The van der Waals surface area contributed by atoms with E-state index in [1.165, 1.54) is 11.1 Å². The van der Waals surface area contributed by atoms with Gasteiger partial charge in [-0.25, -0.2) is 0 Å². The van der Waals surface area contributed by atoms with E-state index < -0.39 is 22.8 Å². The van der Waals surface area contributed by atoms with Crippen LogP contribution in [0.4, 0.5) is 0 Å². The first-order chi connectivity index (χ1) is 15.6. The Morgan fingerprint density at radius 2 is 1.47 bits per heavy atom. The van der Waals surface area contributed by atoms with Crippen molar-refractivity contribution in [2.75, 3.05) is 0 Å². The van der Waals surface area contributed by atoms with Crippen LogP contribution >= 0.6 is 0 Å². The first kappa shape index (κ1) is 23.4. The van der Waals surface area contributed by atoms with Crippen molar-refractivity contribution in [3.63, 3.8) is 0 Å². The van der Waals surface area contributed by atoms with Crippen molar-refractivity contribution in [3.8, 4) is 11.5 Å². The number of hydrogen-bond acceptors (Lipinski definition) is 4. The third kappa shape index (κ3) is 2.79. The topological polar surface area (TPSA) is 50.7 Å². The molecule has 2 N–H and O–H groups in total. The van der Waals surface area contributed by atoms with E-state index in [0.29, 0.717) is 0 Å². The summed E-state index contributed by atoms with van der Waals surface area (Å²) in [5.74, 6) is 0.114. The highest BCUT2D eigenvalue weighted by molar-refractivity contribution is 5.63. The van der Waals surface area contributed by atoms with Crippen LogP contribution in [0.2, 0.25) is 0 Å². The zero-order valence-electron chi connectivity index (χ0n) is 22.3. The molecule has 0 unspecified atom stereocenters. The Bertz CT molecular complexity index is 1240. The molecule has 2 aromatic rings. The average Bonchev–Trinajstić information content (AvgIpc) is 3.13.